The lowest BCUT2D eigenvalue weighted by molar-refractivity contribution is 0.339. The number of piperidine rings is 1. The molecule has 1 atom stereocenters. The van der Waals surface area contributed by atoms with Crippen LogP contribution in [0.2, 0.25) is 0 Å². The normalized spacial score (nSPS) is 20.1. The van der Waals surface area contributed by atoms with Gasteiger partial charge in [-0.3, -0.25) is 4.79 Å². The number of fused-ring (bicyclic) bond motifs is 1. The van der Waals surface area contributed by atoms with Crippen molar-refractivity contribution < 1.29 is 0 Å². The Balaban J connectivity index is 1.96. The Hall–Kier alpha value is -1.68. The van der Waals surface area contributed by atoms with Gasteiger partial charge in [-0.25, -0.2) is 0 Å². The fourth-order valence-corrected chi connectivity index (χ4v) is 2.66. The molecule has 1 aromatic heterocycles. The highest BCUT2D eigenvalue weighted by atomic mass is 16.1. The SMILES string of the molecule is O=c1ncn(CC2CCCNC2)c2ccccc12. The Kier molecular flexibility index (Phi) is 3.11. The van der Waals surface area contributed by atoms with E-state index in [4.69, 9.17) is 0 Å². The van der Waals surface area contributed by atoms with E-state index in [9.17, 15) is 4.79 Å². The van der Waals surface area contributed by atoms with E-state index < -0.39 is 0 Å². The molecule has 1 fully saturated rings. The Morgan fingerprint density at radius 2 is 2.28 bits per heavy atom. The van der Waals surface area contributed by atoms with Crippen molar-refractivity contribution in [2.45, 2.75) is 19.4 Å². The molecule has 0 amide bonds. The third-order valence-electron chi connectivity index (χ3n) is 3.61. The number of hydrogen-bond acceptors (Lipinski definition) is 3. The molecule has 0 spiro atoms. The summed E-state index contributed by atoms with van der Waals surface area (Å²) in [6, 6.07) is 7.70. The lowest BCUT2D eigenvalue weighted by Gasteiger charge is -2.24. The van der Waals surface area contributed by atoms with Crippen molar-refractivity contribution in [3.8, 4) is 0 Å². The maximum absolute atomic E-state index is 11.7. The second-order valence-corrected chi connectivity index (χ2v) is 4.93. The lowest BCUT2D eigenvalue weighted by Crippen LogP contribution is -2.32. The Morgan fingerprint density at radius 3 is 3.11 bits per heavy atom. The standard InChI is InChI=1S/C14H17N3O/c18-14-12-5-1-2-6-13(12)17(10-16-14)9-11-4-3-7-15-8-11/h1-2,5-6,10-11,15H,3-4,7-9H2. The number of hydrogen-bond donors (Lipinski definition) is 1. The average Bonchev–Trinajstić information content (AvgIpc) is 2.44. The fourth-order valence-electron chi connectivity index (χ4n) is 2.66. The average molecular weight is 243 g/mol. The first-order chi connectivity index (χ1) is 8.84. The van der Waals surface area contributed by atoms with Gasteiger partial charge in [0.1, 0.15) is 0 Å². The molecule has 1 N–H and O–H groups in total. The van der Waals surface area contributed by atoms with Crippen LogP contribution in [0.25, 0.3) is 10.9 Å². The summed E-state index contributed by atoms with van der Waals surface area (Å²) in [7, 11) is 0. The monoisotopic (exact) mass is 243 g/mol. The second kappa shape index (κ2) is 4.90. The zero-order chi connectivity index (χ0) is 12.4. The van der Waals surface area contributed by atoms with Crippen molar-refractivity contribution >= 4 is 10.9 Å². The number of para-hydroxylation sites is 1. The molecule has 2 aromatic rings. The van der Waals surface area contributed by atoms with Gasteiger partial charge in [-0.2, -0.15) is 4.98 Å². The van der Waals surface area contributed by atoms with Gasteiger partial charge >= 0.3 is 0 Å². The van der Waals surface area contributed by atoms with E-state index in [0.29, 0.717) is 11.3 Å². The van der Waals surface area contributed by atoms with Gasteiger partial charge < -0.3 is 9.88 Å². The van der Waals surface area contributed by atoms with Gasteiger partial charge in [0.05, 0.1) is 17.2 Å². The molecule has 2 heterocycles. The van der Waals surface area contributed by atoms with Crippen LogP contribution < -0.4 is 10.9 Å². The summed E-state index contributed by atoms with van der Waals surface area (Å²) in [5.41, 5.74) is 0.853. The zero-order valence-electron chi connectivity index (χ0n) is 10.3. The molecule has 1 aromatic carbocycles. The Bertz CT molecular complexity index is 599. The highest BCUT2D eigenvalue weighted by Crippen LogP contribution is 2.15. The second-order valence-electron chi connectivity index (χ2n) is 4.93. The van der Waals surface area contributed by atoms with Crippen molar-refractivity contribution in [2.24, 2.45) is 5.92 Å². The molecule has 0 bridgehead atoms. The maximum atomic E-state index is 11.7. The molecule has 1 saturated heterocycles. The van der Waals surface area contributed by atoms with E-state index in [1.165, 1.54) is 12.8 Å². The molecule has 94 valence electrons. The summed E-state index contributed by atoms with van der Waals surface area (Å²) in [5, 5.41) is 4.13. The topological polar surface area (TPSA) is 46.9 Å². The molecule has 18 heavy (non-hydrogen) atoms. The minimum atomic E-state index is -0.136. The molecule has 1 aliphatic rings. The van der Waals surface area contributed by atoms with E-state index in [1.54, 1.807) is 6.33 Å². The number of benzene rings is 1. The number of nitrogens with zero attached hydrogens (tertiary/aromatic N) is 2. The quantitative estimate of drug-likeness (QED) is 0.867. The molecule has 0 radical (unpaired) electrons. The molecule has 4 heteroatoms. The Morgan fingerprint density at radius 1 is 1.39 bits per heavy atom. The Labute approximate surface area is 106 Å². The highest BCUT2D eigenvalue weighted by molar-refractivity contribution is 5.77. The zero-order valence-corrected chi connectivity index (χ0v) is 10.3. The van der Waals surface area contributed by atoms with Crippen molar-refractivity contribution in [1.29, 1.82) is 0 Å². The van der Waals surface area contributed by atoms with Crippen molar-refractivity contribution in [2.75, 3.05) is 13.1 Å². The van der Waals surface area contributed by atoms with Crippen LogP contribution in [0.5, 0.6) is 0 Å². The number of rotatable bonds is 2. The molecular formula is C14H17N3O. The predicted octanol–water partition coefficient (Wildman–Crippen LogP) is 1.40. The molecule has 3 rings (SSSR count). The number of aromatic nitrogens is 2. The smallest absolute Gasteiger partial charge is 0.280 e. The van der Waals surface area contributed by atoms with Crippen LogP contribution in [0.3, 0.4) is 0 Å². The lowest BCUT2D eigenvalue weighted by atomic mass is 9.99. The molecule has 0 saturated carbocycles. The molecule has 1 unspecified atom stereocenters. The predicted molar refractivity (Wildman–Crippen MR) is 71.6 cm³/mol. The van der Waals surface area contributed by atoms with Crippen LogP contribution in [0.1, 0.15) is 12.8 Å². The summed E-state index contributed by atoms with van der Waals surface area (Å²) >= 11 is 0. The first-order valence-corrected chi connectivity index (χ1v) is 6.49. The van der Waals surface area contributed by atoms with Crippen LogP contribution in [0.15, 0.2) is 35.4 Å². The van der Waals surface area contributed by atoms with Gasteiger partial charge in [-0.15, -0.1) is 0 Å². The van der Waals surface area contributed by atoms with E-state index >= 15 is 0 Å². The molecule has 1 aliphatic heterocycles. The number of nitrogens with one attached hydrogen (secondary N) is 1. The summed E-state index contributed by atoms with van der Waals surface area (Å²) < 4.78 is 2.11. The van der Waals surface area contributed by atoms with Crippen LogP contribution in [0, 0.1) is 5.92 Å². The van der Waals surface area contributed by atoms with E-state index in [0.717, 1.165) is 25.2 Å². The van der Waals surface area contributed by atoms with Gasteiger partial charge in [-0.1, -0.05) is 12.1 Å². The fraction of sp³-hybridized carbons (Fsp3) is 0.429. The van der Waals surface area contributed by atoms with Crippen LogP contribution in [-0.4, -0.2) is 22.6 Å². The van der Waals surface area contributed by atoms with Crippen LogP contribution >= 0.6 is 0 Å². The first-order valence-electron chi connectivity index (χ1n) is 6.49. The van der Waals surface area contributed by atoms with Gasteiger partial charge in [0.15, 0.2) is 0 Å². The van der Waals surface area contributed by atoms with Gasteiger partial charge in [-0.05, 0) is 44.0 Å². The molecular weight excluding hydrogens is 226 g/mol. The summed E-state index contributed by atoms with van der Waals surface area (Å²) in [6.07, 6.45) is 4.16. The van der Waals surface area contributed by atoms with Crippen molar-refractivity contribution in [1.82, 2.24) is 14.9 Å². The van der Waals surface area contributed by atoms with Gasteiger partial charge in [0, 0.05) is 6.54 Å². The first kappa shape index (κ1) is 11.4. The maximum Gasteiger partial charge on any atom is 0.280 e. The van der Waals surface area contributed by atoms with E-state index in [2.05, 4.69) is 14.9 Å². The summed E-state index contributed by atoms with van der Waals surface area (Å²) in [5.74, 6) is 0.631. The molecule has 4 nitrogen and oxygen atoms in total. The molecule has 0 aliphatic carbocycles. The largest absolute Gasteiger partial charge is 0.331 e. The van der Waals surface area contributed by atoms with E-state index in [1.807, 2.05) is 24.3 Å². The van der Waals surface area contributed by atoms with E-state index in [-0.39, 0.29) is 5.56 Å². The third kappa shape index (κ3) is 2.16. The van der Waals surface area contributed by atoms with Crippen LogP contribution in [0.4, 0.5) is 0 Å². The third-order valence-corrected chi connectivity index (χ3v) is 3.61. The van der Waals surface area contributed by atoms with Gasteiger partial charge in [0.25, 0.3) is 5.56 Å². The van der Waals surface area contributed by atoms with Crippen molar-refractivity contribution in [3.63, 3.8) is 0 Å². The van der Waals surface area contributed by atoms with Crippen molar-refractivity contribution in [3.05, 3.63) is 40.9 Å². The van der Waals surface area contributed by atoms with Gasteiger partial charge in [0.2, 0.25) is 0 Å². The highest BCUT2D eigenvalue weighted by Gasteiger charge is 2.14. The minimum Gasteiger partial charge on any atom is -0.331 e. The van der Waals surface area contributed by atoms with Crippen LogP contribution in [-0.2, 0) is 6.54 Å². The minimum absolute atomic E-state index is 0.136. The summed E-state index contributed by atoms with van der Waals surface area (Å²) in [6.45, 7) is 3.11. The summed E-state index contributed by atoms with van der Waals surface area (Å²) in [4.78, 5) is 15.6.